The highest BCUT2D eigenvalue weighted by Crippen LogP contribution is 2.29. The number of methoxy groups -OCH3 is 1. The normalized spacial score (nSPS) is 15.5. The third-order valence-corrected chi connectivity index (χ3v) is 2.86. The number of amides is 2. The smallest absolute Gasteiger partial charge is 0.323 e. The lowest BCUT2D eigenvalue weighted by atomic mass is 10.2. The van der Waals surface area contributed by atoms with Gasteiger partial charge in [0.25, 0.3) is 0 Å². The second-order valence-corrected chi connectivity index (χ2v) is 4.85. The number of carbonyl (C=O) groups excluding carboxylic acids is 2. The lowest BCUT2D eigenvalue weighted by Crippen LogP contribution is -2.47. The first-order valence-corrected chi connectivity index (χ1v) is 6.26. The van der Waals surface area contributed by atoms with Crippen molar-refractivity contribution in [1.29, 1.82) is 0 Å². The number of carboxylic acids is 1. The standard InChI is InChI=1S/C12H20N2O5/c1-8(5-11(17)19-2)13-12(18)14(7-10(15)16)6-9-3-4-9/h8-9H,3-7H2,1-2H3,(H,13,18)(H,15,16). The number of urea groups is 1. The quantitative estimate of drug-likeness (QED) is 0.656. The molecule has 0 heterocycles. The van der Waals surface area contributed by atoms with Crippen molar-refractivity contribution in [2.45, 2.75) is 32.2 Å². The Balaban J connectivity index is 2.45. The van der Waals surface area contributed by atoms with Gasteiger partial charge in [-0.3, -0.25) is 9.59 Å². The molecule has 1 aliphatic carbocycles. The minimum atomic E-state index is -1.04. The van der Waals surface area contributed by atoms with Crippen LogP contribution in [0.1, 0.15) is 26.2 Å². The number of ether oxygens (including phenoxy) is 1. The van der Waals surface area contributed by atoms with Crippen LogP contribution in [0.4, 0.5) is 4.79 Å². The Labute approximate surface area is 111 Å². The second-order valence-electron chi connectivity index (χ2n) is 4.85. The van der Waals surface area contributed by atoms with Crippen LogP contribution in [0, 0.1) is 5.92 Å². The number of carbonyl (C=O) groups is 3. The van der Waals surface area contributed by atoms with E-state index in [4.69, 9.17) is 5.11 Å². The summed E-state index contributed by atoms with van der Waals surface area (Å²) in [6, 6.07) is -0.846. The molecule has 0 aliphatic heterocycles. The Morgan fingerprint density at radius 2 is 2.05 bits per heavy atom. The molecule has 0 aromatic rings. The van der Waals surface area contributed by atoms with E-state index in [1.807, 2.05) is 0 Å². The summed E-state index contributed by atoms with van der Waals surface area (Å²) >= 11 is 0. The van der Waals surface area contributed by atoms with E-state index in [0.29, 0.717) is 12.5 Å². The van der Waals surface area contributed by atoms with Gasteiger partial charge in [-0.25, -0.2) is 4.79 Å². The van der Waals surface area contributed by atoms with Crippen LogP contribution in [-0.4, -0.2) is 54.2 Å². The lowest BCUT2D eigenvalue weighted by Gasteiger charge is -2.23. The molecule has 7 nitrogen and oxygen atoms in total. The van der Waals surface area contributed by atoms with E-state index in [0.717, 1.165) is 12.8 Å². The molecule has 108 valence electrons. The number of carboxylic acid groups (broad SMARTS) is 1. The van der Waals surface area contributed by atoms with Gasteiger partial charge in [0.15, 0.2) is 0 Å². The summed E-state index contributed by atoms with van der Waals surface area (Å²) < 4.78 is 4.50. The Hall–Kier alpha value is -1.79. The predicted molar refractivity (Wildman–Crippen MR) is 66.6 cm³/mol. The highest BCUT2D eigenvalue weighted by Gasteiger charge is 2.28. The summed E-state index contributed by atoms with van der Waals surface area (Å²) in [5.74, 6) is -1.06. The second kappa shape index (κ2) is 6.96. The van der Waals surface area contributed by atoms with E-state index in [1.54, 1.807) is 6.92 Å². The molecule has 1 fully saturated rings. The molecule has 0 aromatic carbocycles. The van der Waals surface area contributed by atoms with Crippen LogP contribution in [0.3, 0.4) is 0 Å². The van der Waals surface area contributed by atoms with Crippen LogP contribution in [-0.2, 0) is 14.3 Å². The van der Waals surface area contributed by atoms with Gasteiger partial charge in [-0.05, 0) is 25.7 Å². The summed E-state index contributed by atoms with van der Waals surface area (Å²) in [4.78, 5) is 35.0. The molecule has 0 spiro atoms. The van der Waals surface area contributed by atoms with Gasteiger partial charge in [0.1, 0.15) is 6.54 Å². The molecule has 0 radical (unpaired) electrons. The first kappa shape index (κ1) is 15.3. The van der Waals surface area contributed by atoms with E-state index in [9.17, 15) is 14.4 Å². The summed E-state index contributed by atoms with van der Waals surface area (Å²) in [6.07, 6.45) is 2.12. The van der Waals surface area contributed by atoms with Crippen LogP contribution in [0.5, 0.6) is 0 Å². The molecule has 19 heavy (non-hydrogen) atoms. The van der Waals surface area contributed by atoms with Gasteiger partial charge < -0.3 is 20.1 Å². The van der Waals surface area contributed by atoms with Crippen LogP contribution in [0.2, 0.25) is 0 Å². The van der Waals surface area contributed by atoms with E-state index in [-0.39, 0.29) is 13.0 Å². The molecule has 1 atom stereocenters. The van der Waals surface area contributed by atoms with Gasteiger partial charge in [-0.1, -0.05) is 0 Å². The number of esters is 1. The molecule has 1 rings (SSSR count). The van der Waals surface area contributed by atoms with Crippen molar-refractivity contribution in [3.63, 3.8) is 0 Å². The Bertz CT molecular complexity index is 354. The lowest BCUT2D eigenvalue weighted by molar-refractivity contribution is -0.141. The van der Waals surface area contributed by atoms with Gasteiger partial charge >= 0.3 is 18.0 Å². The van der Waals surface area contributed by atoms with Gasteiger partial charge in [0.05, 0.1) is 13.5 Å². The van der Waals surface area contributed by atoms with Crippen molar-refractivity contribution in [3.8, 4) is 0 Å². The Morgan fingerprint density at radius 1 is 1.42 bits per heavy atom. The maximum Gasteiger partial charge on any atom is 0.323 e. The van der Waals surface area contributed by atoms with Gasteiger partial charge in [-0.2, -0.15) is 0 Å². The van der Waals surface area contributed by atoms with E-state index >= 15 is 0 Å². The Kier molecular flexibility index (Phi) is 5.59. The van der Waals surface area contributed by atoms with Crippen molar-refractivity contribution in [1.82, 2.24) is 10.2 Å². The van der Waals surface area contributed by atoms with Crippen molar-refractivity contribution in [2.24, 2.45) is 5.92 Å². The molecule has 0 bridgehead atoms. The third kappa shape index (κ3) is 6.08. The maximum absolute atomic E-state index is 11.9. The largest absolute Gasteiger partial charge is 0.480 e. The van der Waals surface area contributed by atoms with Gasteiger partial charge in [0.2, 0.25) is 0 Å². The van der Waals surface area contributed by atoms with Crippen LogP contribution < -0.4 is 5.32 Å². The number of aliphatic carboxylic acids is 1. The monoisotopic (exact) mass is 272 g/mol. The summed E-state index contributed by atoms with van der Waals surface area (Å²) in [5, 5.41) is 11.4. The zero-order chi connectivity index (χ0) is 14.4. The van der Waals surface area contributed by atoms with Crippen LogP contribution in [0.15, 0.2) is 0 Å². The zero-order valence-electron chi connectivity index (χ0n) is 11.2. The number of hydrogen-bond donors (Lipinski definition) is 2. The molecule has 0 saturated heterocycles. The fourth-order valence-electron chi connectivity index (χ4n) is 1.68. The first-order valence-electron chi connectivity index (χ1n) is 6.26. The zero-order valence-corrected chi connectivity index (χ0v) is 11.2. The topological polar surface area (TPSA) is 95.9 Å². The summed E-state index contributed by atoms with van der Waals surface area (Å²) in [5.41, 5.74) is 0. The molecular formula is C12H20N2O5. The van der Waals surface area contributed by atoms with Gasteiger partial charge in [0, 0.05) is 12.6 Å². The van der Waals surface area contributed by atoms with Crippen molar-refractivity contribution < 1.29 is 24.2 Å². The SMILES string of the molecule is COC(=O)CC(C)NC(=O)N(CC(=O)O)CC1CC1. The fraction of sp³-hybridized carbons (Fsp3) is 0.750. The molecule has 1 unspecified atom stereocenters. The molecule has 0 aromatic heterocycles. The average molecular weight is 272 g/mol. The molecular weight excluding hydrogens is 252 g/mol. The Morgan fingerprint density at radius 3 is 2.53 bits per heavy atom. The van der Waals surface area contributed by atoms with Crippen molar-refractivity contribution in [3.05, 3.63) is 0 Å². The van der Waals surface area contributed by atoms with Crippen LogP contribution in [0.25, 0.3) is 0 Å². The third-order valence-electron chi connectivity index (χ3n) is 2.86. The molecule has 2 amide bonds. The minimum absolute atomic E-state index is 0.0621. The highest BCUT2D eigenvalue weighted by atomic mass is 16.5. The highest BCUT2D eigenvalue weighted by molar-refractivity contribution is 5.81. The summed E-state index contributed by atoms with van der Waals surface area (Å²) in [6.45, 7) is 1.79. The van der Waals surface area contributed by atoms with Gasteiger partial charge in [-0.15, -0.1) is 0 Å². The molecule has 1 saturated carbocycles. The number of nitrogens with zero attached hydrogens (tertiary/aromatic N) is 1. The van der Waals surface area contributed by atoms with E-state index < -0.39 is 24.0 Å². The van der Waals surface area contributed by atoms with Crippen molar-refractivity contribution in [2.75, 3.05) is 20.2 Å². The minimum Gasteiger partial charge on any atom is -0.480 e. The maximum atomic E-state index is 11.9. The summed E-state index contributed by atoms with van der Waals surface area (Å²) in [7, 11) is 1.28. The predicted octanol–water partition coefficient (Wildman–Crippen LogP) is 0.444. The molecule has 2 N–H and O–H groups in total. The fourth-order valence-corrected chi connectivity index (χ4v) is 1.68. The van der Waals surface area contributed by atoms with Crippen molar-refractivity contribution >= 4 is 18.0 Å². The molecule has 1 aliphatic rings. The van der Waals surface area contributed by atoms with Crippen LogP contribution >= 0.6 is 0 Å². The average Bonchev–Trinajstić information content (AvgIpc) is 3.11. The van der Waals surface area contributed by atoms with E-state index in [2.05, 4.69) is 10.1 Å². The first-order chi connectivity index (χ1) is 8.92. The number of hydrogen-bond acceptors (Lipinski definition) is 4. The number of rotatable bonds is 7. The molecule has 7 heteroatoms. The number of nitrogens with one attached hydrogen (secondary N) is 1. The van der Waals surface area contributed by atoms with E-state index in [1.165, 1.54) is 12.0 Å².